The highest BCUT2D eigenvalue weighted by Crippen LogP contribution is 2.49. The van der Waals surface area contributed by atoms with Crippen LogP contribution in [0.5, 0.6) is 0 Å². The van der Waals surface area contributed by atoms with Gasteiger partial charge < -0.3 is 30.7 Å². The third-order valence-electron chi connectivity index (χ3n) is 11.0. The zero-order valence-electron chi connectivity index (χ0n) is 34.9. The van der Waals surface area contributed by atoms with Crippen molar-refractivity contribution in [3.05, 3.63) is 203 Å². The normalized spacial score (nSPS) is 13.2. The van der Waals surface area contributed by atoms with E-state index >= 15 is 4.39 Å². The molecule has 6 aromatic carbocycles. The van der Waals surface area contributed by atoms with Crippen LogP contribution in [0.1, 0.15) is 39.3 Å². The van der Waals surface area contributed by atoms with E-state index < -0.39 is 59.5 Å². The Morgan fingerprint density at radius 2 is 1.06 bits per heavy atom. The Morgan fingerprint density at radius 3 is 1.58 bits per heavy atom. The molecule has 326 valence electrons. The fourth-order valence-corrected chi connectivity index (χ4v) is 9.45. The molecule has 1 aliphatic rings. The van der Waals surface area contributed by atoms with Crippen LogP contribution in [-0.2, 0) is 39.8 Å². The highest BCUT2D eigenvalue weighted by Gasteiger charge is 2.40. The summed E-state index contributed by atoms with van der Waals surface area (Å²) in [6.45, 7) is -0.629. The van der Waals surface area contributed by atoms with Crippen LogP contribution in [0.25, 0.3) is 11.1 Å². The number of methoxy groups -OCH3 is 1. The average Bonchev–Trinajstić information content (AvgIpc) is 3.66. The molecule has 0 unspecified atom stereocenters. The Morgan fingerprint density at radius 1 is 0.594 bits per heavy atom. The molecule has 4 N–H and O–H groups in total. The van der Waals surface area contributed by atoms with Crippen molar-refractivity contribution in [2.24, 2.45) is 0 Å². The Labute approximate surface area is 375 Å². The molecule has 7 rings (SSSR count). The number of nitrogens with one attached hydrogen (secondary N) is 4. The van der Waals surface area contributed by atoms with Gasteiger partial charge in [-0.3, -0.25) is 19.2 Å². The van der Waals surface area contributed by atoms with Crippen LogP contribution in [0, 0.1) is 0 Å². The van der Waals surface area contributed by atoms with E-state index in [-0.39, 0.29) is 24.7 Å². The second-order valence-electron chi connectivity index (χ2n) is 15.0. The molecule has 3 atom stereocenters. The summed E-state index contributed by atoms with van der Waals surface area (Å²) in [5.74, 6) is -4.27. The summed E-state index contributed by atoms with van der Waals surface area (Å²) in [6.07, 6.45) is -3.43. The number of thioether (sulfide) groups is 1. The van der Waals surface area contributed by atoms with E-state index in [1.54, 1.807) is 24.3 Å². The van der Waals surface area contributed by atoms with Crippen molar-refractivity contribution in [2.45, 2.75) is 35.5 Å². The first-order valence-corrected chi connectivity index (χ1v) is 21.7. The first-order valence-electron chi connectivity index (χ1n) is 20.7. The Balaban J connectivity index is 1.17. The van der Waals surface area contributed by atoms with Crippen molar-refractivity contribution in [1.82, 2.24) is 21.3 Å². The van der Waals surface area contributed by atoms with Crippen molar-refractivity contribution in [3.63, 3.8) is 0 Å². The quantitative estimate of drug-likeness (QED) is 0.0408. The second-order valence-corrected chi connectivity index (χ2v) is 16.3. The molecule has 0 saturated carbocycles. The minimum atomic E-state index is -2.59. The van der Waals surface area contributed by atoms with Crippen LogP contribution in [0.4, 0.5) is 9.18 Å². The topological polar surface area (TPSA) is 152 Å². The van der Waals surface area contributed by atoms with Crippen molar-refractivity contribution in [2.75, 3.05) is 26.0 Å². The summed E-state index contributed by atoms with van der Waals surface area (Å²) in [5, 5.41) is 9.67. The van der Waals surface area contributed by atoms with Crippen molar-refractivity contribution < 1.29 is 37.8 Å². The number of rotatable bonds is 18. The fraction of sp³-hybridized carbons (Fsp3) is 0.196. The third kappa shape index (κ3) is 10.5. The Kier molecular flexibility index (Phi) is 14.8. The number of hydrogen-bond acceptors (Lipinski definition) is 8. The maximum absolute atomic E-state index is 15.5. The SMILES string of the molecule is COC(=O)CNC(=O)[C@@H](F)NC(=O)[C@@H](CSC(c1ccccc1)(c1ccccc1)c1ccccc1)NC(=O)[C@@H](Cc1ccccc1)NC(=O)OCC1c2ccccc2-c2ccccc21. The maximum atomic E-state index is 15.5. The van der Waals surface area contributed by atoms with Crippen molar-refractivity contribution in [3.8, 4) is 11.1 Å². The number of esters is 1. The van der Waals surface area contributed by atoms with Gasteiger partial charge in [0.15, 0.2) is 0 Å². The van der Waals surface area contributed by atoms with E-state index in [2.05, 4.69) is 26.0 Å². The maximum Gasteiger partial charge on any atom is 0.407 e. The largest absolute Gasteiger partial charge is 0.468 e. The third-order valence-corrected chi connectivity index (χ3v) is 12.6. The van der Waals surface area contributed by atoms with E-state index in [4.69, 9.17) is 4.74 Å². The molecule has 13 heteroatoms. The summed E-state index contributed by atoms with van der Waals surface area (Å²) >= 11 is 1.33. The zero-order chi connectivity index (χ0) is 44.9. The lowest BCUT2D eigenvalue weighted by Gasteiger charge is -2.36. The van der Waals surface area contributed by atoms with Gasteiger partial charge in [-0.2, -0.15) is 0 Å². The lowest BCUT2D eigenvalue weighted by molar-refractivity contribution is -0.142. The smallest absolute Gasteiger partial charge is 0.407 e. The first kappa shape index (κ1) is 44.8. The highest BCUT2D eigenvalue weighted by molar-refractivity contribution is 8.00. The van der Waals surface area contributed by atoms with Gasteiger partial charge in [0, 0.05) is 18.1 Å². The van der Waals surface area contributed by atoms with Crippen LogP contribution in [0.2, 0.25) is 0 Å². The molecular weight excluding hydrogens is 832 g/mol. The Bertz CT molecular complexity index is 2410. The van der Waals surface area contributed by atoms with E-state index in [0.29, 0.717) is 5.56 Å². The molecule has 1 aliphatic carbocycles. The van der Waals surface area contributed by atoms with Gasteiger partial charge >= 0.3 is 12.1 Å². The second kappa shape index (κ2) is 21.2. The number of ether oxygens (including phenoxy) is 2. The molecule has 0 heterocycles. The summed E-state index contributed by atoms with van der Waals surface area (Å²) in [4.78, 5) is 66.8. The van der Waals surface area contributed by atoms with Crippen LogP contribution in [0.3, 0.4) is 0 Å². The minimum Gasteiger partial charge on any atom is -0.468 e. The standard InChI is InChI=1S/C51H47FN4O7S/c1-62-45(57)31-53-49(60)46(52)56-48(59)44(33-64-51(35-20-8-3-9-21-35,36-22-10-4-11-23-36)37-24-12-5-13-25-37)54-47(58)43(30-34-18-6-2-7-19-34)55-50(61)63-32-42-40-28-16-14-26-38(40)39-27-15-17-29-41(39)42/h2-29,42-44,46H,30-33H2,1H3,(H,53,60)(H,54,58)(H,55,61)(H,56,59)/t43-,44-,46+/m1/s1. The number of fused-ring (bicyclic) bond motifs is 3. The number of hydrogen-bond donors (Lipinski definition) is 4. The van der Waals surface area contributed by atoms with Gasteiger partial charge in [-0.15, -0.1) is 11.8 Å². The molecular formula is C51H47FN4O7S. The molecule has 0 aromatic heterocycles. The van der Waals surface area contributed by atoms with Gasteiger partial charge in [0.2, 0.25) is 11.8 Å². The molecule has 11 nitrogen and oxygen atoms in total. The van der Waals surface area contributed by atoms with E-state index in [1.807, 2.05) is 146 Å². The summed E-state index contributed by atoms with van der Waals surface area (Å²) in [6, 6.07) is 51.1. The van der Waals surface area contributed by atoms with E-state index in [9.17, 15) is 24.0 Å². The lowest BCUT2D eigenvalue weighted by atomic mass is 9.84. The monoisotopic (exact) mass is 878 g/mol. The molecule has 6 aromatic rings. The van der Waals surface area contributed by atoms with Crippen LogP contribution >= 0.6 is 11.8 Å². The van der Waals surface area contributed by atoms with Gasteiger partial charge in [-0.25, -0.2) is 9.18 Å². The molecule has 0 bridgehead atoms. The average molecular weight is 879 g/mol. The molecule has 0 aliphatic heterocycles. The van der Waals surface area contributed by atoms with E-state index in [1.165, 1.54) is 11.8 Å². The number of carbonyl (C=O) groups is 5. The molecule has 4 amide bonds. The zero-order valence-corrected chi connectivity index (χ0v) is 35.8. The van der Waals surface area contributed by atoms with Gasteiger partial charge in [0.25, 0.3) is 12.2 Å². The minimum absolute atomic E-state index is 0.00230. The molecule has 0 radical (unpaired) electrons. The first-order chi connectivity index (χ1) is 31.2. The molecule has 64 heavy (non-hydrogen) atoms. The fourth-order valence-electron chi connectivity index (χ4n) is 7.89. The van der Waals surface area contributed by atoms with E-state index in [0.717, 1.165) is 46.1 Å². The molecule has 0 saturated heterocycles. The number of halogens is 1. The summed E-state index contributed by atoms with van der Waals surface area (Å²) < 4.78 is 24.9. The van der Waals surface area contributed by atoms with Gasteiger partial charge in [0.1, 0.15) is 25.2 Å². The Hall–Kier alpha value is -7.25. The predicted molar refractivity (Wildman–Crippen MR) is 244 cm³/mol. The highest BCUT2D eigenvalue weighted by atomic mass is 32.2. The number of alkyl carbamates (subject to hydrolysis) is 1. The van der Waals surface area contributed by atoms with Gasteiger partial charge in [0.05, 0.1) is 11.9 Å². The lowest BCUT2D eigenvalue weighted by Crippen LogP contribution is -2.57. The van der Waals surface area contributed by atoms with Gasteiger partial charge in [-0.1, -0.05) is 170 Å². The molecule has 0 fully saturated rings. The van der Waals surface area contributed by atoms with Crippen LogP contribution in [0.15, 0.2) is 170 Å². The number of amides is 4. The summed E-state index contributed by atoms with van der Waals surface area (Å²) in [5.41, 5.74) is 7.46. The van der Waals surface area contributed by atoms with Gasteiger partial charge in [-0.05, 0) is 44.5 Å². The molecule has 0 spiro atoms. The number of carbonyl (C=O) groups excluding carboxylic acids is 5. The predicted octanol–water partition coefficient (Wildman–Crippen LogP) is 7.05. The van der Waals surface area contributed by atoms with Crippen molar-refractivity contribution >= 4 is 41.5 Å². The van der Waals surface area contributed by atoms with Crippen LogP contribution in [-0.4, -0.2) is 74.2 Å². The van der Waals surface area contributed by atoms with Crippen LogP contribution < -0.4 is 21.3 Å². The number of benzene rings is 6. The number of alkyl halides is 1. The van der Waals surface area contributed by atoms with Crippen molar-refractivity contribution in [1.29, 1.82) is 0 Å². The summed E-state index contributed by atoms with van der Waals surface area (Å²) in [7, 11) is 1.11.